The van der Waals surface area contributed by atoms with Crippen LogP contribution in [0.3, 0.4) is 0 Å². The van der Waals surface area contributed by atoms with E-state index in [0.717, 1.165) is 0 Å². The topological polar surface area (TPSA) is 70.0 Å². The van der Waals surface area contributed by atoms with E-state index >= 15 is 0 Å². The molecular formula is C14H25NO4. The van der Waals surface area contributed by atoms with Gasteiger partial charge in [-0.25, -0.2) is 4.79 Å². The summed E-state index contributed by atoms with van der Waals surface area (Å²) in [6.45, 7) is 9.42. The molecule has 1 aliphatic rings. The Hall–Kier alpha value is -1.07. The number of hydrogen-bond acceptors (Lipinski definition) is 4. The van der Waals surface area contributed by atoms with Crippen LogP contribution in [0.15, 0.2) is 12.7 Å². The van der Waals surface area contributed by atoms with E-state index < -0.39 is 23.8 Å². The summed E-state index contributed by atoms with van der Waals surface area (Å²) in [6.07, 6.45) is 1.70. The van der Waals surface area contributed by atoms with Crippen molar-refractivity contribution in [2.75, 3.05) is 13.2 Å². The van der Waals surface area contributed by atoms with Crippen LogP contribution in [0.2, 0.25) is 0 Å². The van der Waals surface area contributed by atoms with Crippen LogP contribution in [0, 0.1) is 5.92 Å². The number of aliphatic hydroxyl groups is 2. The van der Waals surface area contributed by atoms with E-state index in [-0.39, 0.29) is 12.5 Å². The smallest absolute Gasteiger partial charge is 0.410 e. The van der Waals surface area contributed by atoms with Gasteiger partial charge in [0, 0.05) is 19.1 Å². The molecule has 0 unspecified atom stereocenters. The van der Waals surface area contributed by atoms with Gasteiger partial charge in [0.2, 0.25) is 0 Å². The SMILES string of the molecule is C=CC[C@H](CO)[C@H]1[C@@H](O)CCN1C(=O)OC(C)(C)C. The summed E-state index contributed by atoms with van der Waals surface area (Å²) in [5.41, 5.74) is -0.567. The number of likely N-dealkylation sites (tertiary alicyclic amines) is 1. The van der Waals surface area contributed by atoms with Gasteiger partial charge in [-0.2, -0.15) is 0 Å². The van der Waals surface area contributed by atoms with Crippen molar-refractivity contribution in [1.82, 2.24) is 4.90 Å². The largest absolute Gasteiger partial charge is 0.444 e. The molecule has 1 amide bonds. The Morgan fingerprint density at radius 2 is 2.21 bits per heavy atom. The van der Waals surface area contributed by atoms with Gasteiger partial charge in [0.1, 0.15) is 5.60 Å². The molecule has 1 heterocycles. The van der Waals surface area contributed by atoms with Gasteiger partial charge < -0.3 is 19.8 Å². The van der Waals surface area contributed by atoms with Crippen molar-refractivity contribution in [3.8, 4) is 0 Å². The molecule has 3 atom stereocenters. The number of ether oxygens (including phenoxy) is 1. The Morgan fingerprint density at radius 3 is 2.68 bits per heavy atom. The molecular weight excluding hydrogens is 246 g/mol. The zero-order valence-corrected chi connectivity index (χ0v) is 12.0. The number of hydrogen-bond donors (Lipinski definition) is 2. The van der Waals surface area contributed by atoms with E-state index in [1.807, 2.05) is 0 Å². The summed E-state index contributed by atoms with van der Waals surface area (Å²) in [5, 5.41) is 19.5. The molecule has 0 aromatic carbocycles. The van der Waals surface area contributed by atoms with E-state index in [4.69, 9.17) is 4.74 Å². The molecule has 0 aromatic rings. The first kappa shape index (κ1) is 16.0. The predicted octanol–water partition coefficient (Wildman–Crippen LogP) is 1.54. The predicted molar refractivity (Wildman–Crippen MR) is 72.7 cm³/mol. The number of aliphatic hydroxyl groups excluding tert-OH is 2. The van der Waals surface area contributed by atoms with Crippen molar-refractivity contribution >= 4 is 6.09 Å². The van der Waals surface area contributed by atoms with Gasteiger partial charge in [0.05, 0.1) is 12.1 Å². The molecule has 1 saturated heterocycles. The number of amides is 1. The third kappa shape index (κ3) is 4.21. The van der Waals surface area contributed by atoms with Crippen molar-refractivity contribution in [3.05, 3.63) is 12.7 Å². The molecule has 0 aliphatic carbocycles. The van der Waals surface area contributed by atoms with Gasteiger partial charge in [0.15, 0.2) is 0 Å². The van der Waals surface area contributed by atoms with Crippen LogP contribution < -0.4 is 0 Å². The molecule has 5 heteroatoms. The number of rotatable bonds is 4. The molecule has 2 N–H and O–H groups in total. The zero-order valence-electron chi connectivity index (χ0n) is 12.0. The van der Waals surface area contributed by atoms with E-state index in [0.29, 0.717) is 19.4 Å². The van der Waals surface area contributed by atoms with Gasteiger partial charge >= 0.3 is 6.09 Å². The fourth-order valence-corrected chi connectivity index (χ4v) is 2.44. The van der Waals surface area contributed by atoms with Crippen LogP contribution in [0.1, 0.15) is 33.6 Å². The standard InChI is InChI=1S/C14H25NO4/c1-5-6-10(9-16)12-11(17)7-8-15(12)13(18)19-14(2,3)4/h5,10-12,16-17H,1,6-9H2,2-4H3/t10-,11+,12+/m1/s1. The van der Waals surface area contributed by atoms with Crippen LogP contribution in [-0.4, -0.2) is 52.1 Å². The fraction of sp³-hybridized carbons (Fsp3) is 0.786. The summed E-state index contributed by atoms with van der Waals surface area (Å²) in [5.74, 6) is -0.206. The highest BCUT2D eigenvalue weighted by atomic mass is 16.6. The zero-order chi connectivity index (χ0) is 14.6. The normalized spacial score (nSPS) is 25.2. The first-order valence-electron chi connectivity index (χ1n) is 6.69. The van der Waals surface area contributed by atoms with Crippen LogP contribution in [0.25, 0.3) is 0 Å². The average Bonchev–Trinajstić information content (AvgIpc) is 2.66. The highest BCUT2D eigenvalue weighted by Crippen LogP contribution is 2.28. The first-order chi connectivity index (χ1) is 8.80. The number of nitrogens with zero attached hydrogens (tertiary/aromatic N) is 1. The summed E-state index contributed by atoms with van der Waals surface area (Å²) in [4.78, 5) is 13.7. The Morgan fingerprint density at radius 1 is 1.58 bits per heavy atom. The Labute approximate surface area is 114 Å². The molecule has 1 fully saturated rings. The lowest BCUT2D eigenvalue weighted by Gasteiger charge is -2.33. The maximum Gasteiger partial charge on any atom is 0.410 e. The van der Waals surface area contributed by atoms with Gasteiger partial charge in [-0.3, -0.25) is 0 Å². The minimum atomic E-state index is -0.621. The summed E-state index contributed by atoms with van der Waals surface area (Å²) >= 11 is 0. The van der Waals surface area contributed by atoms with Crippen molar-refractivity contribution < 1.29 is 19.7 Å². The molecule has 110 valence electrons. The van der Waals surface area contributed by atoms with Crippen molar-refractivity contribution in [3.63, 3.8) is 0 Å². The fourth-order valence-electron chi connectivity index (χ4n) is 2.44. The third-order valence-corrected chi connectivity index (χ3v) is 3.23. The maximum absolute atomic E-state index is 12.1. The second kappa shape index (κ2) is 6.39. The molecule has 5 nitrogen and oxygen atoms in total. The van der Waals surface area contributed by atoms with E-state index in [2.05, 4.69) is 6.58 Å². The van der Waals surface area contributed by atoms with Crippen LogP contribution in [0.5, 0.6) is 0 Å². The second-order valence-corrected chi connectivity index (χ2v) is 5.99. The molecule has 1 rings (SSSR count). The summed E-state index contributed by atoms with van der Waals surface area (Å²) in [7, 11) is 0. The lowest BCUT2D eigenvalue weighted by molar-refractivity contribution is 0.000693. The second-order valence-electron chi connectivity index (χ2n) is 5.99. The van der Waals surface area contributed by atoms with Gasteiger partial charge in [-0.1, -0.05) is 6.08 Å². The minimum absolute atomic E-state index is 0.0902. The van der Waals surface area contributed by atoms with Crippen molar-refractivity contribution in [1.29, 1.82) is 0 Å². The Bertz CT molecular complexity index is 324. The summed E-state index contributed by atoms with van der Waals surface area (Å²) in [6, 6.07) is -0.405. The molecule has 0 bridgehead atoms. The van der Waals surface area contributed by atoms with E-state index in [1.54, 1.807) is 26.8 Å². The molecule has 0 radical (unpaired) electrons. The van der Waals surface area contributed by atoms with Crippen LogP contribution in [-0.2, 0) is 4.74 Å². The number of allylic oxidation sites excluding steroid dienone is 1. The molecule has 0 saturated carbocycles. The number of carbonyl (C=O) groups is 1. The van der Waals surface area contributed by atoms with Crippen molar-refractivity contribution in [2.24, 2.45) is 5.92 Å². The van der Waals surface area contributed by atoms with Gasteiger partial charge in [0.25, 0.3) is 0 Å². The summed E-state index contributed by atoms with van der Waals surface area (Å²) < 4.78 is 5.34. The molecule has 0 spiro atoms. The molecule has 1 aliphatic heterocycles. The lowest BCUT2D eigenvalue weighted by atomic mass is 9.93. The number of carbonyl (C=O) groups excluding carboxylic acids is 1. The van der Waals surface area contributed by atoms with Crippen LogP contribution in [0.4, 0.5) is 4.79 Å². The van der Waals surface area contributed by atoms with Gasteiger partial charge in [-0.05, 0) is 33.6 Å². The average molecular weight is 271 g/mol. The highest BCUT2D eigenvalue weighted by Gasteiger charge is 2.41. The van der Waals surface area contributed by atoms with Crippen LogP contribution >= 0.6 is 0 Å². The Balaban J connectivity index is 2.81. The highest BCUT2D eigenvalue weighted by molar-refractivity contribution is 5.69. The quantitative estimate of drug-likeness (QED) is 0.761. The van der Waals surface area contributed by atoms with Crippen molar-refractivity contribution in [2.45, 2.75) is 51.4 Å². The monoisotopic (exact) mass is 271 g/mol. The minimum Gasteiger partial charge on any atom is -0.444 e. The first-order valence-corrected chi connectivity index (χ1v) is 6.69. The maximum atomic E-state index is 12.1. The van der Waals surface area contributed by atoms with E-state index in [9.17, 15) is 15.0 Å². The molecule has 19 heavy (non-hydrogen) atoms. The van der Waals surface area contributed by atoms with Gasteiger partial charge in [-0.15, -0.1) is 6.58 Å². The van der Waals surface area contributed by atoms with E-state index in [1.165, 1.54) is 4.90 Å². The lowest BCUT2D eigenvalue weighted by Crippen LogP contribution is -2.47. The third-order valence-electron chi connectivity index (χ3n) is 3.23. The Kier molecular flexibility index (Phi) is 5.38. The molecule has 0 aromatic heterocycles.